The molecule has 0 saturated carbocycles. The molecule has 1 N–H and O–H groups in total. The van der Waals surface area contributed by atoms with Crippen molar-refractivity contribution in [3.63, 3.8) is 0 Å². The lowest BCUT2D eigenvalue weighted by molar-refractivity contribution is -0.116. The topological polar surface area (TPSA) is 42.0 Å². The smallest absolute Gasteiger partial charge is 0.226 e. The Kier molecular flexibility index (Phi) is 3.97. The van der Waals surface area contributed by atoms with Gasteiger partial charge in [0, 0.05) is 6.42 Å². The van der Waals surface area contributed by atoms with Crippen molar-refractivity contribution >= 4 is 32.6 Å². The zero-order chi connectivity index (χ0) is 13.1. The van der Waals surface area contributed by atoms with Crippen LogP contribution in [0.2, 0.25) is 0 Å². The second-order valence-corrected chi connectivity index (χ2v) is 5.73. The molecule has 3 nitrogen and oxygen atoms in total. The number of fused-ring (bicyclic) bond motifs is 1. The van der Waals surface area contributed by atoms with Gasteiger partial charge in [0.1, 0.15) is 0 Å². The molecule has 0 aliphatic carbocycles. The van der Waals surface area contributed by atoms with Gasteiger partial charge in [0.25, 0.3) is 0 Å². The number of amides is 1. The first-order valence-corrected chi connectivity index (χ1v) is 7.12. The molecular formula is C14H18N2OS. The molecule has 0 saturated heterocycles. The summed E-state index contributed by atoms with van der Waals surface area (Å²) in [5.41, 5.74) is 2.26. The molecular weight excluding hydrogens is 244 g/mol. The van der Waals surface area contributed by atoms with Crippen molar-refractivity contribution in [2.75, 3.05) is 5.32 Å². The summed E-state index contributed by atoms with van der Waals surface area (Å²) < 4.78 is 1.13. The number of hydrogen-bond donors (Lipinski definition) is 1. The van der Waals surface area contributed by atoms with Gasteiger partial charge in [-0.25, -0.2) is 4.98 Å². The van der Waals surface area contributed by atoms with E-state index in [2.05, 4.69) is 36.3 Å². The summed E-state index contributed by atoms with van der Waals surface area (Å²) in [4.78, 5) is 15.9. The summed E-state index contributed by atoms with van der Waals surface area (Å²) in [6.07, 6.45) is 1.40. The van der Waals surface area contributed by atoms with Crippen LogP contribution in [0.1, 0.15) is 45.1 Å². The predicted octanol–water partition coefficient (Wildman–Crippen LogP) is 4.16. The first kappa shape index (κ1) is 13.0. The van der Waals surface area contributed by atoms with Crippen LogP contribution in [0.4, 0.5) is 5.13 Å². The van der Waals surface area contributed by atoms with E-state index in [0.717, 1.165) is 16.6 Å². The average molecular weight is 262 g/mol. The maximum absolute atomic E-state index is 11.5. The lowest BCUT2D eigenvalue weighted by atomic mass is 10.0. The summed E-state index contributed by atoms with van der Waals surface area (Å²) in [5, 5.41) is 3.55. The second kappa shape index (κ2) is 5.48. The maximum Gasteiger partial charge on any atom is 0.226 e. The van der Waals surface area contributed by atoms with Gasteiger partial charge in [-0.15, -0.1) is 0 Å². The molecule has 0 atom stereocenters. The number of benzene rings is 1. The van der Waals surface area contributed by atoms with Crippen molar-refractivity contribution < 1.29 is 4.79 Å². The van der Waals surface area contributed by atoms with Crippen LogP contribution in [0.25, 0.3) is 10.2 Å². The molecule has 0 radical (unpaired) electrons. The van der Waals surface area contributed by atoms with Crippen molar-refractivity contribution in [1.29, 1.82) is 0 Å². The van der Waals surface area contributed by atoms with Crippen LogP contribution in [0.3, 0.4) is 0 Å². The first-order valence-electron chi connectivity index (χ1n) is 6.30. The van der Waals surface area contributed by atoms with Crippen LogP contribution in [0.5, 0.6) is 0 Å². The highest BCUT2D eigenvalue weighted by Crippen LogP contribution is 2.29. The van der Waals surface area contributed by atoms with Gasteiger partial charge in [0.05, 0.1) is 10.2 Å². The summed E-state index contributed by atoms with van der Waals surface area (Å²) in [6.45, 7) is 6.34. The lowest BCUT2D eigenvalue weighted by Gasteiger charge is -2.03. The maximum atomic E-state index is 11.5. The van der Waals surface area contributed by atoms with Gasteiger partial charge >= 0.3 is 0 Å². The summed E-state index contributed by atoms with van der Waals surface area (Å²) in [6, 6.07) is 6.29. The molecule has 96 valence electrons. The fraction of sp³-hybridized carbons (Fsp3) is 0.429. The number of thiazole rings is 1. The minimum Gasteiger partial charge on any atom is -0.302 e. The molecule has 0 aliphatic rings. The van der Waals surface area contributed by atoms with Crippen LogP contribution in [0, 0.1) is 0 Å². The van der Waals surface area contributed by atoms with Gasteiger partial charge in [0.15, 0.2) is 5.13 Å². The molecule has 0 aliphatic heterocycles. The zero-order valence-corrected chi connectivity index (χ0v) is 11.8. The number of nitrogens with one attached hydrogen (secondary N) is 1. The van der Waals surface area contributed by atoms with Crippen molar-refractivity contribution in [2.24, 2.45) is 0 Å². The van der Waals surface area contributed by atoms with E-state index in [1.54, 1.807) is 0 Å². The number of hydrogen-bond acceptors (Lipinski definition) is 3. The number of rotatable bonds is 4. The van der Waals surface area contributed by atoms with E-state index in [0.29, 0.717) is 17.5 Å². The third-order valence-electron chi connectivity index (χ3n) is 2.80. The Morgan fingerprint density at radius 1 is 1.44 bits per heavy atom. The van der Waals surface area contributed by atoms with Crippen LogP contribution in [-0.4, -0.2) is 10.9 Å². The predicted molar refractivity (Wildman–Crippen MR) is 77.2 cm³/mol. The highest BCUT2D eigenvalue weighted by molar-refractivity contribution is 7.22. The van der Waals surface area contributed by atoms with Crippen LogP contribution >= 0.6 is 11.3 Å². The fourth-order valence-electron chi connectivity index (χ4n) is 1.76. The molecule has 1 amide bonds. The molecule has 1 heterocycles. The summed E-state index contributed by atoms with van der Waals surface area (Å²) in [7, 11) is 0. The molecule has 1 aromatic carbocycles. The largest absolute Gasteiger partial charge is 0.302 e. The number of carbonyl (C=O) groups excluding carboxylic acids is 1. The lowest BCUT2D eigenvalue weighted by Crippen LogP contribution is -2.09. The molecule has 0 unspecified atom stereocenters. The minimum absolute atomic E-state index is 0.0423. The Labute approximate surface area is 111 Å². The number of anilines is 1. The van der Waals surface area contributed by atoms with Crippen LogP contribution in [-0.2, 0) is 4.79 Å². The van der Waals surface area contributed by atoms with Gasteiger partial charge in [-0.05, 0) is 30.0 Å². The van der Waals surface area contributed by atoms with Gasteiger partial charge in [-0.2, -0.15) is 0 Å². The highest BCUT2D eigenvalue weighted by atomic mass is 32.1. The van der Waals surface area contributed by atoms with Gasteiger partial charge in [-0.3, -0.25) is 4.79 Å². The van der Waals surface area contributed by atoms with Crippen molar-refractivity contribution in [1.82, 2.24) is 4.98 Å². The van der Waals surface area contributed by atoms with Crippen molar-refractivity contribution in [3.8, 4) is 0 Å². The van der Waals surface area contributed by atoms with E-state index < -0.39 is 0 Å². The minimum atomic E-state index is 0.0423. The fourth-order valence-corrected chi connectivity index (χ4v) is 2.69. The summed E-state index contributed by atoms with van der Waals surface area (Å²) >= 11 is 1.54. The molecule has 1 aromatic heterocycles. The average Bonchev–Trinajstić information content (AvgIpc) is 2.69. The molecule has 18 heavy (non-hydrogen) atoms. The Morgan fingerprint density at radius 2 is 2.22 bits per heavy atom. The SMILES string of the molecule is CCCC(=O)Nc1nc2ccc(C(C)C)cc2s1. The van der Waals surface area contributed by atoms with Crippen LogP contribution < -0.4 is 5.32 Å². The number of nitrogens with zero attached hydrogens (tertiary/aromatic N) is 1. The third kappa shape index (κ3) is 2.88. The van der Waals surface area contributed by atoms with E-state index in [1.165, 1.54) is 16.9 Å². The van der Waals surface area contributed by atoms with E-state index in [-0.39, 0.29) is 5.91 Å². The quantitative estimate of drug-likeness (QED) is 0.899. The molecule has 0 bridgehead atoms. The Morgan fingerprint density at radius 3 is 2.89 bits per heavy atom. The standard InChI is InChI=1S/C14H18N2OS/c1-4-5-13(17)16-14-15-11-7-6-10(9(2)3)8-12(11)18-14/h6-9H,4-5H2,1-3H3,(H,15,16,17). The second-order valence-electron chi connectivity index (χ2n) is 4.70. The molecule has 2 rings (SSSR count). The van der Waals surface area contributed by atoms with E-state index in [4.69, 9.17) is 0 Å². The van der Waals surface area contributed by atoms with Gasteiger partial charge < -0.3 is 5.32 Å². The Balaban J connectivity index is 2.24. The Bertz CT molecular complexity index is 560. The van der Waals surface area contributed by atoms with E-state index >= 15 is 0 Å². The number of carbonyl (C=O) groups is 1. The molecule has 0 spiro atoms. The highest BCUT2D eigenvalue weighted by Gasteiger charge is 2.08. The Hall–Kier alpha value is -1.42. The molecule has 4 heteroatoms. The van der Waals surface area contributed by atoms with Crippen molar-refractivity contribution in [3.05, 3.63) is 23.8 Å². The van der Waals surface area contributed by atoms with E-state index in [9.17, 15) is 4.79 Å². The number of aromatic nitrogens is 1. The summed E-state index contributed by atoms with van der Waals surface area (Å²) in [5.74, 6) is 0.551. The van der Waals surface area contributed by atoms with Gasteiger partial charge in [-0.1, -0.05) is 38.2 Å². The first-order chi connectivity index (χ1) is 8.60. The van der Waals surface area contributed by atoms with Crippen molar-refractivity contribution in [2.45, 2.75) is 39.5 Å². The third-order valence-corrected chi connectivity index (χ3v) is 3.74. The zero-order valence-electron chi connectivity index (χ0n) is 11.0. The van der Waals surface area contributed by atoms with Gasteiger partial charge in [0.2, 0.25) is 5.91 Å². The van der Waals surface area contributed by atoms with Crippen LogP contribution in [0.15, 0.2) is 18.2 Å². The monoisotopic (exact) mass is 262 g/mol. The van der Waals surface area contributed by atoms with E-state index in [1.807, 2.05) is 13.0 Å². The molecule has 0 fully saturated rings. The molecule has 2 aromatic rings. The normalized spacial score (nSPS) is 11.1.